The van der Waals surface area contributed by atoms with Crippen molar-refractivity contribution in [3.8, 4) is 0 Å². The Balaban J connectivity index is 1.58. The quantitative estimate of drug-likeness (QED) is 0.717. The molecule has 0 radical (unpaired) electrons. The van der Waals surface area contributed by atoms with Gasteiger partial charge in [0.15, 0.2) is 0 Å². The number of benzene rings is 1. The van der Waals surface area contributed by atoms with E-state index in [0.717, 1.165) is 19.1 Å². The molecule has 2 heteroatoms. The summed E-state index contributed by atoms with van der Waals surface area (Å²) in [4.78, 5) is 0. The highest BCUT2D eigenvalue weighted by Gasteiger charge is 2.15. The smallest absolute Gasteiger partial charge is 0.0716 e. The normalized spacial score (nSPS) is 16.6. The summed E-state index contributed by atoms with van der Waals surface area (Å²) in [7, 11) is 0. The van der Waals surface area contributed by atoms with Gasteiger partial charge in [0, 0.05) is 6.61 Å². The van der Waals surface area contributed by atoms with Gasteiger partial charge in [0.1, 0.15) is 0 Å². The molecule has 1 aliphatic heterocycles. The van der Waals surface area contributed by atoms with Gasteiger partial charge >= 0.3 is 0 Å². The molecular formula is C12H17NO. The van der Waals surface area contributed by atoms with Gasteiger partial charge in [0.05, 0.1) is 6.61 Å². The monoisotopic (exact) mass is 191 g/mol. The molecule has 0 spiro atoms. The van der Waals surface area contributed by atoms with Gasteiger partial charge in [0.25, 0.3) is 0 Å². The Kier molecular flexibility index (Phi) is 3.55. The van der Waals surface area contributed by atoms with Crippen molar-refractivity contribution >= 4 is 0 Å². The molecule has 1 aliphatic rings. The lowest BCUT2D eigenvalue weighted by Gasteiger charge is -2.26. The van der Waals surface area contributed by atoms with Crippen LogP contribution in [0.15, 0.2) is 30.3 Å². The van der Waals surface area contributed by atoms with Crippen LogP contribution in [0.5, 0.6) is 0 Å². The molecule has 1 aromatic rings. The summed E-state index contributed by atoms with van der Waals surface area (Å²) in [6, 6.07) is 10.3. The summed E-state index contributed by atoms with van der Waals surface area (Å²) < 4.78 is 5.60. The SMILES string of the molecule is c1ccc(COCCC2CNC2)cc1. The van der Waals surface area contributed by atoms with Crippen molar-refractivity contribution in [2.24, 2.45) is 5.92 Å². The fourth-order valence-corrected chi connectivity index (χ4v) is 1.57. The summed E-state index contributed by atoms with van der Waals surface area (Å²) in [5, 5.41) is 3.26. The van der Waals surface area contributed by atoms with Crippen LogP contribution in [0.4, 0.5) is 0 Å². The molecule has 0 bridgehead atoms. The Hall–Kier alpha value is -0.860. The van der Waals surface area contributed by atoms with Gasteiger partial charge in [0.2, 0.25) is 0 Å². The predicted octanol–water partition coefficient (Wildman–Crippen LogP) is 1.81. The Labute approximate surface area is 85.3 Å². The van der Waals surface area contributed by atoms with Gasteiger partial charge < -0.3 is 10.1 Å². The molecule has 0 aliphatic carbocycles. The Bertz CT molecular complexity index is 256. The van der Waals surface area contributed by atoms with Crippen LogP contribution in [0.25, 0.3) is 0 Å². The second kappa shape index (κ2) is 5.13. The average molecular weight is 191 g/mol. The highest BCUT2D eigenvalue weighted by molar-refractivity contribution is 5.13. The Morgan fingerprint density at radius 1 is 1.21 bits per heavy atom. The van der Waals surface area contributed by atoms with E-state index in [1.54, 1.807) is 0 Å². The third-order valence-corrected chi connectivity index (χ3v) is 2.65. The molecule has 76 valence electrons. The maximum Gasteiger partial charge on any atom is 0.0716 e. The summed E-state index contributed by atoms with van der Waals surface area (Å²) in [5.41, 5.74) is 1.26. The first-order chi connectivity index (χ1) is 6.95. The molecule has 1 fully saturated rings. The molecule has 0 aromatic heterocycles. The first-order valence-electron chi connectivity index (χ1n) is 5.27. The van der Waals surface area contributed by atoms with E-state index in [1.807, 2.05) is 6.07 Å². The van der Waals surface area contributed by atoms with Gasteiger partial charge in [-0.3, -0.25) is 0 Å². The van der Waals surface area contributed by atoms with Gasteiger partial charge in [-0.15, -0.1) is 0 Å². The lowest BCUT2D eigenvalue weighted by Crippen LogP contribution is -2.42. The standard InChI is InChI=1S/C12H17NO/c1-2-4-11(5-3-1)10-14-7-6-12-8-13-9-12/h1-5,12-13H,6-10H2. The molecule has 0 atom stereocenters. The lowest BCUT2D eigenvalue weighted by molar-refractivity contribution is 0.0993. The molecule has 0 unspecified atom stereocenters. The van der Waals surface area contributed by atoms with Crippen LogP contribution in [0.3, 0.4) is 0 Å². The molecule has 1 heterocycles. The zero-order valence-corrected chi connectivity index (χ0v) is 8.41. The average Bonchev–Trinajstić information content (AvgIpc) is 2.16. The van der Waals surface area contributed by atoms with Crippen molar-refractivity contribution in [3.63, 3.8) is 0 Å². The van der Waals surface area contributed by atoms with Crippen LogP contribution < -0.4 is 5.32 Å². The van der Waals surface area contributed by atoms with Crippen molar-refractivity contribution in [2.75, 3.05) is 19.7 Å². The van der Waals surface area contributed by atoms with Gasteiger partial charge in [-0.25, -0.2) is 0 Å². The Morgan fingerprint density at radius 3 is 2.64 bits per heavy atom. The molecule has 0 saturated carbocycles. The van der Waals surface area contributed by atoms with Gasteiger partial charge in [-0.05, 0) is 31.0 Å². The number of rotatable bonds is 5. The topological polar surface area (TPSA) is 21.3 Å². The molecule has 2 rings (SSSR count). The minimum absolute atomic E-state index is 0.751. The van der Waals surface area contributed by atoms with E-state index in [1.165, 1.54) is 25.1 Å². The minimum atomic E-state index is 0.751. The maximum atomic E-state index is 5.60. The molecule has 2 nitrogen and oxygen atoms in total. The summed E-state index contributed by atoms with van der Waals surface area (Å²) in [6.45, 7) is 3.99. The number of hydrogen-bond donors (Lipinski definition) is 1. The summed E-state index contributed by atoms with van der Waals surface area (Å²) in [6.07, 6.45) is 1.19. The highest BCUT2D eigenvalue weighted by Crippen LogP contribution is 2.08. The zero-order chi connectivity index (χ0) is 9.64. The second-order valence-electron chi connectivity index (χ2n) is 3.85. The maximum absolute atomic E-state index is 5.60. The fraction of sp³-hybridized carbons (Fsp3) is 0.500. The van der Waals surface area contributed by atoms with E-state index in [-0.39, 0.29) is 0 Å². The molecular weight excluding hydrogens is 174 g/mol. The van der Waals surface area contributed by atoms with Crippen LogP contribution in [0.2, 0.25) is 0 Å². The van der Waals surface area contributed by atoms with E-state index in [2.05, 4.69) is 29.6 Å². The summed E-state index contributed by atoms with van der Waals surface area (Å²) in [5.74, 6) is 0.853. The lowest BCUT2D eigenvalue weighted by atomic mass is 10.0. The van der Waals surface area contributed by atoms with Crippen molar-refractivity contribution in [3.05, 3.63) is 35.9 Å². The van der Waals surface area contributed by atoms with Crippen LogP contribution in [-0.4, -0.2) is 19.7 Å². The van der Waals surface area contributed by atoms with Gasteiger partial charge in [-0.1, -0.05) is 30.3 Å². The van der Waals surface area contributed by atoms with Crippen molar-refractivity contribution in [1.82, 2.24) is 5.32 Å². The van der Waals surface area contributed by atoms with E-state index in [9.17, 15) is 0 Å². The Morgan fingerprint density at radius 2 is 2.00 bits per heavy atom. The van der Waals surface area contributed by atoms with Gasteiger partial charge in [-0.2, -0.15) is 0 Å². The van der Waals surface area contributed by atoms with E-state index in [0.29, 0.717) is 0 Å². The number of hydrogen-bond acceptors (Lipinski definition) is 2. The number of nitrogens with one attached hydrogen (secondary N) is 1. The summed E-state index contributed by atoms with van der Waals surface area (Å²) >= 11 is 0. The largest absolute Gasteiger partial charge is 0.377 e. The van der Waals surface area contributed by atoms with E-state index < -0.39 is 0 Å². The minimum Gasteiger partial charge on any atom is -0.377 e. The zero-order valence-electron chi connectivity index (χ0n) is 8.41. The fourth-order valence-electron chi connectivity index (χ4n) is 1.57. The van der Waals surface area contributed by atoms with Crippen molar-refractivity contribution < 1.29 is 4.74 Å². The van der Waals surface area contributed by atoms with Crippen LogP contribution >= 0.6 is 0 Å². The first kappa shape index (κ1) is 9.69. The van der Waals surface area contributed by atoms with Crippen LogP contribution in [-0.2, 0) is 11.3 Å². The third-order valence-electron chi connectivity index (χ3n) is 2.65. The molecule has 1 N–H and O–H groups in total. The third kappa shape index (κ3) is 2.82. The van der Waals surface area contributed by atoms with E-state index >= 15 is 0 Å². The van der Waals surface area contributed by atoms with E-state index in [4.69, 9.17) is 4.74 Å². The number of ether oxygens (including phenoxy) is 1. The second-order valence-corrected chi connectivity index (χ2v) is 3.85. The van der Waals surface area contributed by atoms with Crippen LogP contribution in [0.1, 0.15) is 12.0 Å². The highest BCUT2D eigenvalue weighted by atomic mass is 16.5. The van der Waals surface area contributed by atoms with Crippen LogP contribution in [0, 0.1) is 5.92 Å². The molecule has 14 heavy (non-hydrogen) atoms. The van der Waals surface area contributed by atoms with Crippen molar-refractivity contribution in [1.29, 1.82) is 0 Å². The molecule has 1 aromatic carbocycles. The predicted molar refractivity (Wildman–Crippen MR) is 57.1 cm³/mol. The van der Waals surface area contributed by atoms with Crippen molar-refractivity contribution in [2.45, 2.75) is 13.0 Å². The first-order valence-corrected chi connectivity index (χ1v) is 5.27. The molecule has 1 saturated heterocycles. The molecule has 0 amide bonds.